The predicted molar refractivity (Wildman–Crippen MR) is 117 cm³/mol. The van der Waals surface area contributed by atoms with Crippen LogP contribution in [-0.2, 0) is 6.54 Å². The first-order chi connectivity index (χ1) is 13.8. The fraction of sp³-hybridized carbons (Fsp3) is 0.476. The molecule has 1 aromatic heterocycles. The Morgan fingerprint density at radius 3 is 2.55 bits per heavy atom. The number of carbonyl (C=O) groups excluding carboxylic acids is 2. The van der Waals surface area contributed by atoms with Gasteiger partial charge < -0.3 is 20.3 Å². The monoisotopic (exact) mass is 418 g/mol. The number of nitrogens with zero attached hydrogens (tertiary/aromatic N) is 2. The lowest BCUT2D eigenvalue weighted by Gasteiger charge is -2.24. The van der Waals surface area contributed by atoms with Crippen LogP contribution in [0, 0.1) is 11.8 Å². The van der Waals surface area contributed by atoms with Gasteiger partial charge in [0.2, 0.25) is 0 Å². The number of carbonyl (C=O) groups is 2. The first-order valence-corrected chi connectivity index (χ1v) is 10.6. The van der Waals surface area contributed by atoms with Gasteiger partial charge in [0.05, 0.1) is 19.3 Å². The lowest BCUT2D eigenvalue weighted by atomic mass is 10.2. The molecule has 0 unspecified atom stereocenters. The molecule has 158 valence electrons. The molecule has 0 bridgehead atoms. The molecule has 0 aliphatic carbocycles. The Morgan fingerprint density at radius 2 is 1.90 bits per heavy atom. The number of rotatable bonds is 9. The largest absolute Gasteiger partial charge is 0.495 e. The number of hydrogen-bond donors (Lipinski definition) is 2. The molecule has 0 atom stereocenters. The van der Waals surface area contributed by atoms with Gasteiger partial charge in [0.1, 0.15) is 16.5 Å². The molecule has 1 heterocycles. The maximum Gasteiger partial charge on any atom is 0.322 e. The van der Waals surface area contributed by atoms with E-state index in [0.29, 0.717) is 42.7 Å². The first-order valence-electron chi connectivity index (χ1n) is 9.71. The van der Waals surface area contributed by atoms with Gasteiger partial charge in [0.15, 0.2) is 0 Å². The third kappa shape index (κ3) is 7.05. The summed E-state index contributed by atoms with van der Waals surface area (Å²) >= 11 is 1.38. The average molecular weight is 419 g/mol. The molecule has 0 saturated heterocycles. The Kier molecular flexibility index (Phi) is 8.45. The molecule has 0 spiro atoms. The van der Waals surface area contributed by atoms with Crippen molar-refractivity contribution in [3.63, 3.8) is 0 Å². The van der Waals surface area contributed by atoms with Gasteiger partial charge >= 0.3 is 6.03 Å². The summed E-state index contributed by atoms with van der Waals surface area (Å²) in [6.07, 6.45) is 0. The van der Waals surface area contributed by atoms with E-state index in [4.69, 9.17) is 4.74 Å². The minimum atomic E-state index is -0.232. The molecule has 2 aromatic rings. The highest BCUT2D eigenvalue weighted by molar-refractivity contribution is 7.09. The zero-order valence-corrected chi connectivity index (χ0v) is 18.5. The molecule has 2 rings (SSSR count). The normalized spacial score (nSPS) is 10.9. The van der Waals surface area contributed by atoms with Crippen LogP contribution < -0.4 is 15.4 Å². The van der Waals surface area contributed by atoms with Crippen LogP contribution in [0.3, 0.4) is 0 Å². The standard InChI is InChI=1S/C21H30N4O3S/c1-14(2)10-22-20(26)17-13-29-19(23-17)12-25(11-15(3)4)21(27)24-16-8-6-7-9-18(16)28-5/h6-9,13-15H,10-12H2,1-5H3,(H,22,26)(H,24,27). The summed E-state index contributed by atoms with van der Waals surface area (Å²) in [6, 6.07) is 7.05. The topological polar surface area (TPSA) is 83.6 Å². The number of anilines is 1. The second kappa shape index (κ2) is 10.8. The number of hydrogen-bond acceptors (Lipinski definition) is 5. The van der Waals surface area contributed by atoms with Crippen molar-refractivity contribution in [3.05, 3.63) is 40.3 Å². The number of ether oxygens (including phenoxy) is 1. The Hall–Kier alpha value is -2.61. The van der Waals surface area contributed by atoms with E-state index in [1.807, 2.05) is 26.0 Å². The zero-order chi connectivity index (χ0) is 21.4. The van der Waals surface area contributed by atoms with Gasteiger partial charge in [-0.25, -0.2) is 9.78 Å². The third-order valence-corrected chi connectivity index (χ3v) is 4.84. The Bertz CT molecular complexity index is 820. The highest BCUT2D eigenvalue weighted by Crippen LogP contribution is 2.24. The van der Waals surface area contributed by atoms with Crippen molar-refractivity contribution in [3.8, 4) is 5.75 Å². The number of methoxy groups -OCH3 is 1. The molecule has 8 heteroatoms. The number of aromatic nitrogens is 1. The van der Waals surface area contributed by atoms with Gasteiger partial charge in [-0.15, -0.1) is 11.3 Å². The van der Waals surface area contributed by atoms with E-state index in [1.54, 1.807) is 29.5 Å². The Labute approximate surface area is 176 Å². The van der Waals surface area contributed by atoms with Crippen LogP contribution in [0.25, 0.3) is 0 Å². The van der Waals surface area contributed by atoms with Gasteiger partial charge in [-0.3, -0.25) is 4.79 Å². The van der Waals surface area contributed by atoms with Crippen molar-refractivity contribution in [2.75, 3.05) is 25.5 Å². The van der Waals surface area contributed by atoms with Crippen LogP contribution in [0.1, 0.15) is 43.2 Å². The van der Waals surface area contributed by atoms with Crippen LogP contribution in [0.5, 0.6) is 5.75 Å². The Morgan fingerprint density at radius 1 is 1.17 bits per heavy atom. The lowest BCUT2D eigenvalue weighted by molar-refractivity contribution is 0.0944. The van der Waals surface area contributed by atoms with Gasteiger partial charge in [-0.2, -0.15) is 0 Å². The SMILES string of the molecule is COc1ccccc1NC(=O)N(Cc1nc(C(=O)NCC(C)C)cs1)CC(C)C. The first kappa shape index (κ1) is 22.7. The van der Waals surface area contributed by atoms with E-state index in [0.717, 1.165) is 5.01 Å². The second-order valence-electron chi connectivity index (χ2n) is 7.64. The smallest absolute Gasteiger partial charge is 0.322 e. The number of amides is 3. The zero-order valence-electron chi connectivity index (χ0n) is 17.7. The van der Waals surface area contributed by atoms with Crippen LogP contribution in [0.15, 0.2) is 29.6 Å². The number of benzene rings is 1. The lowest BCUT2D eigenvalue weighted by Crippen LogP contribution is -2.37. The van der Waals surface area contributed by atoms with Crippen molar-refractivity contribution < 1.29 is 14.3 Å². The molecular formula is C21H30N4O3S. The molecule has 3 amide bonds. The highest BCUT2D eigenvalue weighted by Gasteiger charge is 2.19. The van der Waals surface area contributed by atoms with Gasteiger partial charge in [-0.05, 0) is 24.0 Å². The predicted octanol–water partition coefficient (Wildman–Crippen LogP) is 4.23. The quantitative estimate of drug-likeness (QED) is 0.638. The molecule has 0 radical (unpaired) electrons. The van der Waals surface area contributed by atoms with Crippen LogP contribution in [-0.4, -0.2) is 42.0 Å². The molecule has 29 heavy (non-hydrogen) atoms. The molecule has 2 N–H and O–H groups in total. The summed E-state index contributed by atoms with van der Waals surface area (Å²) in [5.41, 5.74) is 1.00. The molecular weight excluding hydrogens is 388 g/mol. The van der Waals surface area contributed by atoms with Gasteiger partial charge in [0.25, 0.3) is 5.91 Å². The van der Waals surface area contributed by atoms with E-state index >= 15 is 0 Å². The molecule has 0 saturated carbocycles. The van der Waals surface area contributed by atoms with Gasteiger partial charge in [-0.1, -0.05) is 39.8 Å². The van der Waals surface area contributed by atoms with E-state index in [9.17, 15) is 9.59 Å². The summed E-state index contributed by atoms with van der Waals surface area (Å²) in [4.78, 5) is 31.2. The molecule has 7 nitrogen and oxygen atoms in total. The van der Waals surface area contributed by atoms with Crippen molar-refractivity contribution in [2.45, 2.75) is 34.2 Å². The molecule has 0 aliphatic rings. The number of thiazole rings is 1. The number of nitrogens with one attached hydrogen (secondary N) is 2. The van der Waals surface area contributed by atoms with Crippen LogP contribution in [0.2, 0.25) is 0 Å². The van der Waals surface area contributed by atoms with Gasteiger partial charge in [0, 0.05) is 18.5 Å². The van der Waals surface area contributed by atoms with E-state index in [2.05, 4.69) is 29.5 Å². The minimum absolute atomic E-state index is 0.185. The molecule has 0 fully saturated rings. The van der Waals surface area contributed by atoms with E-state index in [1.165, 1.54) is 11.3 Å². The fourth-order valence-corrected chi connectivity index (χ4v) is 3.43. The maximum atomic E-state index is 12.9. The van der Waals surface area contributed by atoms with Crippen molar-refractivity contribution in [1.82, 2.24) is 15.2 Å². The number of urea groups is 1. The summed E-state index contributed by atoms with van der Waals surface area (Å²) in [6.45, 7) is 9.68. The highest BCUT2D eigenvalue weighted by atomic mass is 32.1. The Balaban J connectivity index is 2.08. The minimum Gasteiger partial charge on any atom is -0.495 e. The molecule has 1 aromatic carbocycles. The van der Waals surface area contributed by atoms with Crippen LogP contribution in [0.4, 0.5) is 10.5 Å². The van der Waals surface area contributed by atoms with Crippen molar-refractivity contribution >= 4 is 29.0 Å². The maximum absolute atomic E-state index is 12.9. The van der Waals surface area contributed by atoms with E-state index < -0.39 is 0 Å². The summed E-state index contributed by atoms with van der Waals surface area (Å²) in [5.74, 6) is 1.07. The third-order valence-electron chi connectivity index (χ3n) is 4.00. The molecule has 0 aliphatic heterocycles. The summed E-state index contributed by atoms with van der Waals surface area (Å²) in [7, 11) is 1.57. The average Bonchev–Trinajstić information content (AvgIpc) is 3.14. The summed E-state index contributed by atoms with van der Waals surface area (Å²) in [5, 5.41) is 8.22. The van der Waals surface area contributed by atoms with E-state index in [-0.39, 0.29) is 17.9 Å². The van der Waals surface area contributed by atoms with Crippen LogP contribution >= 0.6 is 11.3 Å². The fourth-order valence-electron chi connectivity index (χ4n) is 2.64. The number of para-hydroxylation sites is 2. The van der Waals surface area contributed by atoms with Crippen molar-refractivity contribution in [1.29, 1.82) is 0 Å². The van der Waals surface area contributed by atoms with Crippen molar-refractivity contribution in [2.24, 2.45) is 11.8 Å². The summed E-state index contributed by atoms with van der Waals surface area (Å²) < 4.78 is 5.31. The second-order valence-corrected chi connectivity index (χ2v) is 8.58.